The van der Waals surface area contributed by atoms with Crippen LogP contribution < -0.4 is 5.32 Å². The summed E-state index contributed by atoms with van der Waals surface area (Å²) >= 11 is 0. The van der Waals surface area contributed by atoms with Crippen LogP contribution in [-0.2, 0) is 38.4 Å². The summed E-state index contributed by atoms with van der Waals surface area (Å²) in [4.78, 5) is 48.8. The third-order valence-corrected chi connectivity index (χ3v) is 8.94. The van der Waals surface area contributed by atoms with Crippen molar-refractivity contribution >= 4 is 17.8 Å². The van der Waals surface area contributed by atoms with E-state index in [1.807, 2.05) is 13.8 Å². The number of benzene rings is 1. The molecule has 4 heterocycles. The van der Waals surface area contributed by atoms with Crippen LogP contribution in [0, 0.1) is 23.7 Å². The zero-order valence-corrected chi connectivity index (χ0v) is 22.4. The number of aliphatic hydroxyl groups excluding tert-OH is 1. The van der Waals surface area contributed by atoms with Crippen LogP contribution in [0.2, 0.25) is 0 Å². The summed E-state index contributed by atoms with van der Waals surface area (Å²) in [5.41, 5.74) is -0.427. The van der Waals surface area contributed by atoms with Crippen molar-refractivity contribution in [2.24, 2.45) is 23.7 Å². The van der Waals surface area contributed by atoms with Gasteiger partial charge in [0.2, 0.25) is 18.0 Å². The van der Waals surface area contributed by atoms with E-state index in [-0.39, 0.29) is 30.6 Å². The van der Waals surface area contributed by atoms with Crippen molar-refractivity contribution in [2.45, 2.75) is 95.4 Å². The molecule has 5 fully saturated rings. The van der Waals surface area contributed by atoms with Crippen LogP contribution in [0.4, 0.5) is 0 Å². The summed E-state index contributed by atoms with van der Waals surface area (Å²) in [6.07, 6.45) is -0.297. The zero-order chi connectivity index (χ0) is 27.9. The average molecular weight is 548 g/mol. The summed E-state index contributed by atoms with van der Waals surface area (Å²) < 4.78 is 18.2. The normalized spacial score (nSPS) is 38.6. The van der Waals surface area contributed by atoms with E-state index in [1.54, 1.807) is 30.3 Å². The standard InChI is InChI=1S/C28H37NO10/c1-15-9-10-19-16(2)25(36-26-28(19)18(15)13-14-27(3,37-26)38-39-28)35-21(31)12-11-20(30)29-22(24(33)34)23(32)17-7-5-4-6-8-17/h4-8,15-16,18-19,22-23,25-26,32H,9-14H2,1-3H3,(H,29,30)(H,33,34)/t15-,16+,18-,19+,22-,23+,25+,26-,27-,28+/m0/s1. The van der Waals surface area contributed by atoms with Gasteiger partial charge in [0.15, 0.2) is 17.9 Å². The third kappa shape index (κ3) is 5.18. The molecule has 1 aliphatic carbocycles. The predicted molar refractivity (Wildman–Crippen MR) is 133 cm³/mol. The first-order valence-electron chi connectivity index (χ1n) is 13.7. The van der Waals surface area contributed by atoms with Crippen molar-refractivity contribution in [1.29, 1.82) is 0 Å². The summed E-state index contributed by atoms with van der Waals surface area (Å²) in [6.45, 7) is 5.99. The summed E-state index contributed by atoms with van der Waals surface area (Å²) in [7, 11) is 0. The minimum Gasteiger partial charge on any atom is -0.480 e. The first-order chi connectivity index (χ1) is 18.5. The minimum absolute atomic E-state index is 0.0167. The van der Waals surface area contributed by atoms with Crippen molar-refractivity contribution in [2.75, 3.05) is 0 Å². The molecule has 1 aromatic carbocycles. The molecule has 4 aliphatic heterocycles. The summed E-state index contributed by atoms with van der Waals surface area (Å²) in [5, 5.41) is 22.3. The van der Waals surface area contributed by atoms with Gasteiger partial charge in [-0.1, -0.05) is 44.2 Å². The maximum atomic E-state index is 12.8. The molecule has 5 aliphatic rings. The highest BCUT2D eigenvalue weighted by Gasteiger charge is 2.69. The van der Waals surface area contributed by atoms with Gasteiger partial charge in [0.1, 0.15) is 6.10 Å². The van der Waals surface area contributed by atoms with Gasteiger partial charge in [0.25, 0.3) is 0 Å². The van der Waals surface area contributed by atoms with E-state index in [9.17, 15) is 24.6 Å². The third-order valence-electron chi connectivity index (χ3n) is 8.94. The molecule has 39 heavy (non-hydrogen) atoms. The molecule has 6 rings (SSSR count). The Kier molecular flexibility index (Phi) is 7.73. The average Bonchev–Trinajstić information content (AvgIpc) is 3.14. The van der Waals surface area contributed by atoms with Crippen LogP contribution in [0.1, 0.15) is 71.0 Å². The second-order valence-electron chi connectivity index (χ2n) is 11.5. The van der Waals surface area contributed by atoms with Gasteiger partial charge in [0, 0.05) is 24.7 Å². The number of carbonyl (C=O) groups is 3. The van der Waals surface area contributed by atoms with Gasteiger partial charge in [-0.2, -0.15) is 0 Å². The highest BCUT2D eigenvalue weighted by molar-refractivity contribution is 5.86. The van der Waals surface area contributed by atoms with E-state index in [4.69, 9.17) is 24.0 Å². The first kappa shape index (κ1) is 28.0. The number of carboxylic acids is 1. The lowest BCUT2D eigenvalue weighted by Crippen LogP contribution is -2.70. The molecular formula is C28H37NO10. The van der Waals surface area contributed by atoms with E-state index < -0.39 is 54.0 Å². The van der Waals surface area contributed by atoms with E-state index >= 15 is 0 Å². The minimum atomic E-state index is -1.57. The molecule has 10 atom stereocenters. The monoisotopic (exact) mass is 547 g/mol. The Morgan fingerprint density at radius 3 is 2.54 bits per heavy atom. The van der Waals surface area contributed by atoms with Gasteiger partial charge in [-0.3, -0.25) is 9.59 Å². The Labute approximate surface area is 227 Å². The summed E-state index contributed by atoms with van der Waals surface area (Å²) in [5.74, 6) is -3.33. The molecule has 11 heteroatoms. The number of hydrogen-bond acceptors (Lipinski definition) is 9. The second-order valence-corrected chi connectivity index (χ2v) is 11.5. The van der Waals surface area contributed by atoms with Crippen LogP contribution >= 0.6 is 0 Å². The molecule has 11 nitrogen and oxygen atoms in total. The van der Waals surface area contributed by atoms with Crippen molar-refractivity contribution in [3.05, 3.63) is 35.9 Å². The fourth-order valence-electron chi connectivity index (χ4n) is 6.77. The Morgan fingerprint density at radius 2 is 1.82 bits per heavy atom. The predicted octanol–water partition coefficient (Wildman–Crippen LogP) is 2.82. The Morgan fingerprint density at radius 1 is 1.08 bits per heavy atom. The Hall–Kier alpha value is -2.57. The van der Waals surface area contributed by atoms with Gasteiger partial charge >= 0.3 is 11.9 Å². The lowest BCUT2D eigenvalue weighted by atomic mass is 9.58. The van der Waals surface area contributed by atoms with E-state index in [0.29, 0.717) is 17.9 Å². The number of aliphatic hydroxyl groups is 1. The quantitative estimate of drug-likeness (QED) is 0.327. The molecule has 4 saturated heterocycles. The van der Waals surface area contributed by atoms with Crippen LogP contribution in [0.25, 0.3) is 0 Å². The number of carboxylic acid groups (broad SMARTS) is 1. The van der Waals surface area contributed by atoms with Gasteiger partial charge in [0.05, 0.1) is 6.42 Å². The highest BCUT2D eigenvalue weighted by Crippen LogP contribution is 2.60. The topological polar surface area (TPSA) is 150 Å². The van der Waals surface area contributed by atoms with Crippen LogP contribution in [0.15, 0.2) is 30.3 Å². The van der Waals surface area contributed by atoms with Crippen LogP contribution in [-0.4, -0.2) is 58.1 Å². The Bertz CT molecular complexity index is 1080. The van der Waals surface area contributed by atoms with Crippen LogP contribution in [0.3, 0.4) is 0 Å². The lowest BCUT2D eigenvalue weighted by molar-refractivity contribution is -0.576. The number of esters is 1. The lowest BCUT2D eigenvalue weighted by Gasteiger charge is -2.59. The number of hydrogen-bond donors (Lipinski definition) is 3. The molecule has 1 amide bonds. The van der Waals surface area contributed by atoms with Crippen molar-refractivity contribution in [1.82, 2.24) is 5.32 Å². The highest BCUT2D eigenvalue weighted by atomic mass is 17.3. The number of ether oxygens (including phenoxy) is 3. The smallest absolute Gasteiger partial charge is 0.329 e. The zero-order valence-electron chi connectivity index (χ0n) is 22.4. The van der Waals surface area contributed by atoms with Crippen molar-refractivity contribution in [3.8, 4) is 0 Å². The van der Waals surface area contributed by atoms with E-state index in [0.717, 1.165) is 19.3 Å². The molecule has 1 spiro atoms. The van der Waals surface area contributed by atoms with Gasteiger partial charge < -0.3 is 29.7 Å². The number of nitrogens with one attached hydrogen (secondary N) is 1. The van der Waals surface area contributed by atoms with E-state index in [1.165, 1.54) is 0 Å². The SMILES string of the molecule is C[C@H]1[C@H](OC(=O)CCC(=O)N[C@H](C(=O)O)[C@H](O)c2ccccc2)O[C@H]2O[C@]3(C)CC[C@H]4[C@@H](C)CC[C@H]1[C@@]24OO3. The number of aliphatic carboxylic acids is 1. The van der Waals surface area contributed by atoms with Crippen molar-refractivity contribution in [3.63, 3.8) is 0 Å². The first-order valence-corrected chi connectivity index (χ1v) is 13.7. The number of rotatable bonds is 8. The molecule has 3 N–H and O–H groups in total. The number of carbonyl (C=O) groups excluding carboxylic acids is 2. The Balaban J connectivity index is 1.20. The second kappa shape index (κ2) is 10.8. The molecule has 0 unspecified atom stereocenters. The van der Waals surface area contributed by atoms with Gasteiger partial charge in [-0.05, 0) is 43.6 Å². The van der Waals surface area contributed by atoms with Crippen molar-refractivity contribution < 1.29 is 48.6 Å². The maximum Gasteiger partial charge on any atom is 0.329 e. The fourth-order valence-corrected chi connectivity index (χ4v) is 6.77. The largest absolute Gasteiger partial charge is 0.480 e. The molecule has 2 bridgehead atoms. The van der Waals surface area contributed by atoms with Gasteiger partial charge in [-0.15, -0.1) is 0 Å². The van der Waals surface area contributed by atoms with E-state index in [2.05, 4.69) is 12.2 Å². The molecular weight excluding hydrogens is 510 g/mol. The number of fused-ring (bicyclic) bond motifs is 2. The molecule has 1 saturated carbocycles. The van der Waals surface area contributed by atoms with Crippen LogP contribution in [0.5, 0.6) is 0 Å². The maximum absolute atomic E-state index is 12.8. The molecule has 0 aromatic heterocycles. The summed E-state index contributed by atoms with van der Waals surface area (Å²) in [6, 6.07) is 6.61. The van der Waals surface area contributed by atoms with Gasteiger partial charge in [-0.25, -0.2) is 14.6 Å². The number of amides is 1. The molecule has 1 aromatic rings. The molecule has 214 valence electrons. The molecule has 0 radical (unpaired) electrons. The fraction of sp³-hybridized carbons (Fsp3) is 0.679.